The minimum Gasteiger partial charge on any atom is -0.497 e. The lowest BCUT2D eigenvalue weighted by atomic mass is 10.1. The molecule has 3 rings (SSSR count). The molecule has 0 aliphatic carbocycles. The van der Waals surface area contributed by atoms with E-state index in [2.05, 4.69) is 0 Å². The minimum absolute atomic E-state index is 0.0175. The maximum atomic E-state index is 13.2. The number of carbonyl (C=O) groups excluding carboxylic acids is 2. The maximum absolute atomic E-state index is 13.2. The number of fused-ring (bicyclic) bond motifs is 1. The van der Waals surface area contributed by atoms with E-state index in [-0.39, 0.29) is 25.5 Å². The number of aliphatic hydroxyl groups is 1. The van der Waals surface area contributed by atoms with Crippen molar-refractivity contribution < 1.29 is 24.2 Å². The van der Waals surface area contributed by atoms with Crippen LogP contribution in [0.15, 0.2) is 42.5 Å². The molecule has 1 N–H and O–H groups in total. The fourth-order valence-corrected chi connectivity index (χ4v) is 3.28. The Kier molecular flexibility index (Phi) is 6.02. The number of hydrogen-bond acceptors (Lipinski definition) is 5. The first kappa shape index (κ1) is 19.9. The molecule has 0 bridgehead atoms. The van der Waals surface area contributed by atoms with Crippen LogP contribution in [-0.4, -0.2) is 41.9 Å². The number of benzene rings is 2. The smallest absolute Gasteiger partial charge is 0.310 e. The van der Waals surface area contributed by atoms with Crippen LogP contribution in [0.3, 0.4) is 0 Å². The largest absolute Gasteiger partial charge is 0.497 e. The number of methoxy groups -OCH3 is 1. The van der Waals surface area contributed by atoms with Gasteiger partial charge in [0.2, 0.25) is 0 Å². The lowest BCUT2D eigenvalue weighted by molar-refractivity contribution is -0.143. The van der Waals surface area contributed by atoms with Crippen LogP contribution in [0.4, 0.5) is 0 Å². The predicted octanol–water partition coefficient (Wildman–Crippen LogP) is 3.38. The number of aromatic nitrogens is 1. The third-order valence-electron chi connectivity index (χ3n) is 4.51. The molecule has 0 atom stereocenters. The van der Waals surface area contributed by atoms with E-state index in [1.807, 2.05) is 0 Å². The van der Waals surface area contributed by atoms with Gasteiger partial charge >= 0.3 is 5.97 Å². The van der Waals surface area contributed by atoms with Crippen molar-refractivity contribution in [3.05, 3.63) is 64.3 Å². The van der Waals surface area contributed by atoms with Crippen LogP contribution in [0.1, 0.15) is 21.6 Å². The highest BCUT2D eigenvalue weighted by atomic mass is 35.5. The second kappa shape index (κ2) is 8.46. The molecule has 0 unspecified atom stereocenters. The molecule has 0 saturated carbocycles. The molecule has 7 heteroatoms. The van der Waals surface area contributed by atoms with Crippen LogP contribution in [0, 0.1) is 6.92 Å². The molecule has 0 amide bonds. The van der Waals surface area contributed by atoms with Crippen molar-refractivity contribution >= 4 is 34.4 Å². The van der Waals surface area contributed by atoms with E-state index in [0.717, 1.165) is 5.39 Å². The standard InChI is InChI=1S/C21H20ClNO5/c1-13-17(12-20(25)28-10-9-24)18-11-16(27-2)7-8-19(18)23(13)21(26)14-3-5-15(22)6-4-14/h3-8,11,24H,9-10,12H2,1-2H3. The normalized spacial score (nSPS) is 10.9. The number of nitrogens with zero attached hydrogens (tertiary/aromatic N) is 1. The number of esters is 1. The number of halogens is 1. The Morgan fingerprint density at radius 3 is 2.50 bits per heavy atom. The topological polar surface area (TPSA) is 77.8 Å². The molecule has 28 heavy (non-hydrogen) atoms. The van der Waals surface area contributed by atoms with Crippen molar-refractivity contribution in [1.29, 1.82) is 0 Å². The lowest BCUT2D eigenvalue weighted by Crippen LogP contribution is -2.15. The van der Waals surface area contributed by atoms with Gasteiger partial charge in [-0.2, -0.15) is 0 Å². The van der Waals surface area contributed by atoms with Gasteiger partial charge in [-0.3, -0.25) is 14.2 Å². The van der Waals surface area contributed by atoms with Gasteiger partial charge in [-0.1, -0.05) is 11.6 Å². The van der Waals surface area contributed by atoms with E-state index >= 15 is 0 Å². The van der Waals surface area contributed by atoms with E-state index in [1.165, 1.54) is 0 Å². The molecular formula is C21H20ClNO5. The van der Waals surface area contributed by atoms with Crippen LogP contribution in [0.25, 0.3) is 10.9 Å². The van der Waals surface area contributed by atoms with Crippen molar-refractivity contribution in [3.63, 3.8) is 0 Å². The first-order valence-corrected chi connectivity index (χ1v) is 9.08. The molecular weight excluding hydrogens is 382 g/mol. The minimum atomic E-state index is -0.474. The van der Waals surface area contributed by atoms with Crippen LogP contribution in [0.2, 0.25) is 5.02 Å². The van der Waals surface area contributed by atoms with Gasteiger partial charge in [-0.05, 0) is 55.0 Å². The van der Waals surface area contributed by atoms with E-state index < -0.39 is 5.97 Å². The summed E-state index contributed by atoms with van der Waals surface area (Å²) in [7, 11) is 1.55. The molecule has 0 saturated heterocycles. The Balaban J connectivity index is 2.12. The highest BCUT2D eigenvalue weighted by molar-refractivity contribution is 6.30. The Morgan fingerprint density at radius 1 is 1.14 bits per heavy atom. The van der Waals surface area contributed by atoms with Gasteiger partial charge in [-0.15, -0.1) is 0 Å². The highest BCUT2D eigenvalue weighted by Gasteiger charge is 2.22. The average molecular weight is 402 g/mol. The Morgan fingerprint density at radius 2 is 1.86 bits per heavy atom. The molecule has 0 spiro atoms. The molecule has 6 nitrogen and oxygen atoms in total. The number of aliphatic hydroxyl groups excluding tert-OH is 1. The molecule has 1 heterocycles. The summed E-state index contributed by atoms with van der Waals surface area (Å²) in [5.41, 5.74) is 2.47. The molecule has 2 aromatic carbocycles. The Labute approximate surface area is 167 Å². The van der Waals surface area contributed by atoms with Gasteiger partial charge in [0.1, 0.15) is 12.4 Å². The van der Waals surface area contributed by atoms with Crippen molar-refractivity contribution in [2.24, 2.45) is 0 Å². The van der Waals surface area contributed by atoms with Crippen LogP contribution in [-0.2, 0) is 16.0 Å². The summed E-state index contributed by atoms with van der Waals surface area (Å²) in [6.07, 6.45) is -0.0175. The number of ether oxygens (including phenoxy) is 2. The fraction of sp³-hybridized carbons (Fsp3) is 0.238. The first-order valence-electron chi connectivity index (χ1n) is 8.71. The SMILES string of the molecule is COc1ccc2c(c1)c(CC(=O)OCCO)c(C)n2C(=O)c1ccc(Cl)cc1. The number of rotatable bonds is 6. The van der Waals surface area contributed by atoms with Crippen molar-refractivity contribution in [2.45, 2.75) is 13.3 Å². The molecule has 3 aromatic rings. The second-order valence-corrected chi connectivity index (χ2v) is 6.65. The van der Waals surface area contributed by atoms with Gasteiger partial charge in [0.05, 0.1) is 25.7 Å². The fourth-order valence-electron chi connectivity index (χ4n) is 3.15. The number of hydrogen-bond donors (Lipinski definition) is 1. The van der Waals surface area contributed by atoms with Crippen molar-refractivity contribution in [3.8, 4) is 5.75 Å². The van der Waals surface area contributed by atoms with E-state index in [0.29, 0.717) is 33.1 Å². The summed E-state index contributed by atoms with van der Waals surface area (Å²) < 4.78 is 11.9. The molecule has 146 valence electrons. The average Bonchev–Trinajstić information content (AvgIpc) is 2.97. The zero-order chi connectivity index (χ0) is 20.3. The second-order valence-electron chi connectivity index (χ2n) is 6.22. The quantitative estimate of drug-likeness (QED) is 0.641. The van der Waals surface area contributed by atoms with E-state index in [4.69, 9.17) is 26.2 Å². The summed E-state index contributed by atoms with van der Waals surface area (Å²) in [6, 6.07) is 12.0. The van der Waals surface area contributed by atoms with E-state index in [1.54, 1.807) is 61.1 Å². The monoisotopic (exact) mass is 401 g/mol. The summed E-state index contributed by atoms with van der Waals surface area (Å²) in [6.45, 7) is 1.48. The van der Waals surface area contributed by atoms with Gasteiger partial charge in [0, 0.05) is 21.7 Å². The molecule has 0 aliphatic rings. The van der Waals surface area contributed by atoms with E-state index in [9.17, 15) is 9.59 Å². The molecule has 0 radical (unpaired) electrons. The van der Waals surface area contributed by atoms with Crippen LogP contribution < -0.4 is 4.74 Å². The highest BCUT2D eigenvalue weighted by Crippen LogP contribution is 2.31. The van der Waals surface area contributed by atoms with Gasteiger partial charge < -0.3 is 14.6 Å². The van der Waals surface area contributed by atoms with Crippen molar-refractivity contribution in [2.75, 3.05) is 20.3 Å². The summed E-state index contributed by atoms with van der Waals surface area (Å²) in [4.78, 5) is 25.3. The molecule has 0 fully saturated rings. The Hall–Kier alpha value is -2.83. The Bertz CT molecular complexity index is 1020. The third-order valence-corrected chi connectivity index (χ3v) is 4.76. The first-order chi connectivity index (χ1) is 13.5. The molecule has 0 aliphatic heterocycles. The van der Waals surface area contributed by atoms with Gasteiger partial charge in [-0.25, -0.2) is 0 Å². The van der Waals surface area contributed by atoms with Gasteiger partial charge in [0.25, 0.3) is 5.91 Å². The summed E-state index contributed by atoms with van der Waals surface area (Å²) in [5.74, 6) is -0.0779. The summed E-state index contributed by atoms with van der Waals surface area (Å²) >= 11 is 5.92. The maximum Gasteiger partial charge on any atom is 0.310 e. The number of carbonyl (C=O) groups is 2. The zero-order valence-electron chi connectivity index (χ0n) is 15.6. The zero-order valence-corrected chi connectivity index (χ0v) is 16.3. The summed E-state index contributed by atoms with van der Waals surface area (Å²) in [5, 5.41) is 10.1. The van der Waals surface area contributed by atoms with Crippen LogP contribution in [0.5, 0.6) is 5.75 Å². The van der Waals surface area contributed by atoms with Crippen LogP contribution >= 0.6 is 11.6 Å². The molecule has 1 aromatic heterocycles. The lowest BCUT2D eigenvalue weighted by Gasteiger charge is -2.08. The van der Waals surface area contributed by atoms with Crippen molar-refractivity contribution in [1.82, 2.24) is 4.57 Å². The predicted molar refractivity (Wildman–Crippen MR) is 106 cm³/mol. The third kappa shape index (κ3) is 3.88. The van der Waals surface area contributed by atoms with Gasteiger partial charge in [0.15, 0.2) is 0 Å².